The number of hydrogen-bond acceptors (Lipinski definition) is 4. The number of nitrogens with one attached hydrogen (secondary N) is 1. The van der Waals surface area contributed by atoms with Gasteiger partial charge < -0.3 is 4.98 Å². The van der Waals surface area contributed by atoms with Gasteiger partial charge in [0.2, 0.25) is 0 Å². The molecule has 2 aromatic heterocycles. The maximum atomic E-state index is 12.1. The first-order chi connectivity index (χ1) is 9.33. The van der Waals surface area contributed by atoms with Gasteiger partial charge in [0.05, 0.1) is 27.4 Å². The molecule has 5 nitrogen and oxygen atoms in total. The third kappa shape index (κ3) is 1.53. The van der Waals surface area contributed by atoms with Gasteiger partial charge in [-0.2, -0.15) is 0 Å². The quantitative estimate of drug-likeness (QED) is 0.738. The topological polar surface area (TPSA) is 71.0 Å². The van der Waals surface area contributed by atoms with Crippen LogP contribution in [0.4, 0.5) is 0 Å². The largest absolute Gasteiger partial charge is 0.348 e. The lowest BCUT2D eigenvalue weighted by atomic mass is 10.1. The van der Waals surface area contributed by atoms with Gasteiger partial charge in [-0.25, -0.2) is 15.0 Å². The van der Waals surface area contributed by atoms with E-state index in [0.717, 1.165) is 26.5 Å². The van der Waals surface area contributed by atoms with E-state index in [2.05, 4.69) is 19.9 Å². The number of benzene rings is 1. The summed E-state index contributed by atoms with van der Waals surface area (Å²) in [5.41, 5.74) is 4.33. The summed E-state index contributed by atoms with van der Waals surface area (Å²) in [6.45, 7) is 0. The Balaban J connectivity index is 2.06. The lowest BCUT2D eigenvalue weighted by Gasteiger charge is -1.97. The van der Waals surface area contributed by atoms with E-state index in [1.54, 1.807) is 29.4 Å². The van der Waals surface area contributed by atoms with Crippen LogP contribution in [0.3, 0.4) is 0 Å². The minimum Gasteiger partial charge on any atom is -0.348 e. The predicted molar refractivity (Wildman–Crippen MR) is 71.1 cm³/mol. The molecule has 0 radical (unpaired) electrons. The fourth-order valence-electron chi connectivity index (χ4n) is 2.32. The Morgan fingerprint density at radius 1 is 1.32 bits per heavy atom. The molecule has 4 rings (SSSR count). The zero-order valence-corrected chi connectivity index (χ0v) is 10.6. The van der Waals surface area contributed by atoms with Crippen LogP contribution in [-0.2, 0) is 11.2 Å². The highest BCUT2D eigenvalue weighted by Crippen LogP contribution is 2.16. The van der Waals surface area contributed by atoms with E-state index in [4.69, 9.17) is 0 Å². The van der Waals surface area contributed by atoms with Gasteiger partial charge in [-0.3, -0.25) is 4.79 Å². The molecule has 0 unspecified atom stereocenters. The number of hydrogen-bond donors (Lipinski definition) is 1. The van der Waals surface area contributed by atoms with E-state index in [1.807, 2.05) is 12.1 Å². The van der Waals surface area contributed by atoms with Gasteiger partial charge in [0.25, 0.3) is 5.91 Å². The van der Waals surface area contributed by atoms with Crippen molar-refractivity contribution in [1.82, 2.24) is 15.0 Å². The Morgan fingerprint density at radius 3 is 3.11 bits per heavy atom. The first-order valence-electron chi connectivity index (χ1n) is 5.78. The van der Waals surface area contributed by atoms with Crippen LogP contribution in [-0.4, -0.2) is 20.9 Å². The summed E-state index contributed by atoms with van der Waals surface area (Å²) in [5, 5.41) is 1.68. The molecule has 3 aromatic rings. The van der Waals surface area contributed by atoms with E-state index < -0.39 is 0 Å². The molecule has 0 spiro atoms. The highest BCUT2D eigenvalue weighted by molar-refractivity contribution is 7.16. The monoisotopic (exact) mass is 268 g/mol. The molecule has 1 aliphatic rings. The minimum atomic E-state index is -0.162. The summed E-state index contributed by atoms with van der Waals surface area (Å²) in [7, 11) is 0. The van der Waals surface area contributed by atoms with Gasteiger partial charge in [0.1, 0.15) is 0 Å². The van der Waals surface area contributed by atoms with E-state index in [0.29, 0.717) is 12.0 Å². The maximum Gasteiger partial charge on any atom is 0.274 e. The van der Waals surface area contributed by atoms with Crippen molar-refractivity contribution >= 4 is 33.0 Å². The van der Waals surface area contributed by atoms with Crippen molar-refractivity contribution in [3.05, 3.63) is 46.4 Å². The second-order valence-electron chi connectivity index (χ2n) is 4.31. The summed E-state index contributed by atoms with van der Waals surface area (Å²) in [4.78, 5) is 27.5. The predicted octanol–water partition coefficient (Wildman–Crippen LogP) is 0.573. The number of fused-ring (bicyclic) bond motifs is 3. The third-order valence-corrected chi connectivity index (χ3v) is 4.04. The average Bonchev–Trinajstić information content (AvgIpc) is 3.10. The van der Waals surface area contributed by atoms with Crippen LogP contribution in [0.25, 0.3) is 15.8 Å². The van der Waals surface area contributed by atoms with E-state index in [9.17, 15) is 4.79 Å². The van der Waals surface area contributed by atoms with Crippen LogP contribution in [0.1, 0.15) is 5.69 Å². The summed E-state index contributed by atoms with van der Waals surface area (Å²) in [6, 6.07) is 3.76. The lowest BCUT2D eigenvalue weighted by molar-refractivity contribution is -0.112. The fraction of sp³-hybridized carbons (Fsp3) is 0.0769. The number of nitrogens with zero attached hydrogens (tertiary/aromatic N) is 3. The average molecular weight is 268 g/mol. The van der Waals surface area contributed by atoms with Gasteiger partial charge in [0.15, 0.2) is 0 Å². The Morgan fingerprint density at radius 2 is 2.26 bits per heavy atom. The summed E-state index contributed by atoms with van der Waals surface area (Å²) in [6.07, 6.45) is 3.86. The highest BCUT2D eigenvalue weighted by Gasteiger charge is 2.19. The zero-order chi connectivity index (χ0) is 12.8. The Hall–Kier alpha value is -2.34. The van der Waals surface area contributed by atoms with Crippen LogP contribution in [0, 0.1) is 0 Å². The van der Waals surface area contributed by atoms with Crippen LogP contribution < -0.4 is 10.6 Å². The van der Waals surface area contributed by atoms with Crippen LogP contribution in [0.5, 0.6) is 0 Å². The molecule has 0 saturated carbocycles. The standard InChI is InChI=1S/C13H8N4OS/c18-13-8(3-7-4-14-5-15-7)11-9(17-13)1-2-10-12(11)19-6-16-10/h1-2,4-6H,3H2,(H,14,15). The molecule has 1 N–H and O–H groups in total. The third-order valence-electron chi connectivity index (χ3n) is 3.18. The normalized spacial score (nSPS) is 13.9. The van der Waals surface area contributed by atoms with Crippen molar-refractivity contribution in [2.45, 2.75) is 6.42 Å². The Bertz CT molecular complexity index is 908. The first kappa shape index (κ1) is 10.6. The smallest absolute Gasteiger partial charge is 0.274 e. The van der Waals surface area contributed by atoms with Gasteiger partial charge in [-0.05, 0) is 12.1 Å². The fourth-order valence-corrected chi connectivity index (χ4v) is 3.18. The van der Waals surface area contributed by atoms with Crippen LogP contribution in [0.2, 0.25) is 0 Å². The zero-order valence-electron chi connectivity index (χ0n) is 9.75. The van der Waals surface area contributed by atoms with Crippen molar-refractivity contribution in [1.29, 1.82) is 0 Å². The number of aromatic nitrogens is 3. The number of carbonyl (C=O) groups is 1. The second-order valence-corrected chi connectivity index (χ2v) is 5.16. The van der Waals surface area contributed by atoms with Crippen molar-refractivity contribution in [3.8, 4) is 0 Å². The molecule has 0 fully saturated rings. The van der Waals surface area contributed by atoms with Gasteiger partial charge in [-0.1, -0.05) is 0 Å². The van der Waals surface area contributed by atoms with Crippen LogP contribution in [0.15, 0.2) is 35.2 Å². The molecule has 92 valence electrons. The molecule has 1 aromatic carbocycles. The molecule has 1 aliphatic heterocycles. The van der Waals surface area contributed by atoms with Gasteiger partial charge in [-0.15, -0.1) is 11.3 Å². The highest BCUT2D eigenvalue weighted by atomic mass is 32.1. The number of carbonyl (C=O) groups excluding carboxylic acids is 1. The molecule has 0 aliphatic carbocycles. The summed E-state index contributed by atoms with van der Waals surface area (Å²) >= 11 is 1.54. The number of H-pyrrole nitrogens is 1. The van der Waals surface area contributed by atoms with Gasteiger partial charge in [0, 0.05) is 29.1 Å². The SMILES string of the molecule is O=C1N=c2ccc3ncsc3c2=C1Cc1cnc[nH]1. The van der Waals surface area contributed by atoms with Crippen molar-refractivity contribution in [2.75, 3.05) is 0 Å². The van der Waals surface area contributed by atoms with E-state index >= 15 is 0 Å². The van der Waals surface area contributed by atoms with Crippen molar-refractivity contribution in [2.24, 2.45) is 4.99 Å². The van der Waals surface area contributed by atoms with Crippen LogP contribution >= 0.6 is 11.3 Å². The Kier molecular flexibility index (Phi) is 2.13. The maximum absolute atomic E-state index is 12.1. The van der Waals surface area contributed by atoms with Crippen molar-refractivity contribution in [3.63, 3.8) is 0 Å². The first-order valence-corrected chi connectivity index (χ1v) is 6.66. The number of rotatable bonds is 2. The number of thiazole rings is 1. The molecule has 0 saturated heterocycles. The van der Waals surface area contributed by atoms with Crippen molar-refractivity contribution < 1.29 is 4.79 Å². The van der Waals surface area contributed by atoms with E-state index in [1.165, 1.54) is 0 Å². The molecule has 6 heteroatoms. The minimum absolute atomic E-state index is 0.162. The molecule has 3 heterocycles. The molecule has 1 amide bonds. The molecule has 0 atom stereocenters. The Labute approximate surface area is 111 Å². The molecular formula is C13H8N4OS. The number of aromatic amines is 1. The summed E-state index contributed by atoms with van der Waals surface area (Å²) in [5.74, 6) is -0.162. The number of imidazole rings is 1. The van der Waals surface area contributed by atoms with E-state index in [-0.39, 0.29) is 5.91 Å². The lowest BCUT2D eigenvalue weighted by Crippen LogP contribution is -2.23. The molecule has 0 bridgehead atoms. The second kappa shape index (κ2) is 3.83. The van der Waals surface area contributed by atoms with Gasteiger partial charge >= 0.3 is 0 Å². The number of amides is 1. The molecule has 19 heavy (non-hydrogen) atoms. The summed E-state index contributed by atoms with van der Waals surface area (Å²) < 4.78 is 1.03. The molecular weight excluding hydrogens is 260 g/mol.